The van der Waals surface area contributed by atoms with Crippen molar-refractivity contribution in [3.63, 3.8) is 0 Å². The van der Waals surface area contributed by atoms with Crippen molar-refractivity contribution in [2.45, 2.75) is 39.0 Å². The number of aromatic carboxylic acids is 1. The van der Waals surface area contributed by atoms with Gasteiger partial charge >= 0.3 is 12.1 Å². The molecule has 132 valence electrons. The first kappa shape index (κ1) is 17.5. The quantitative estimate of drug-likeness (QED) is 0.847. The molecule has 1 aliphatic carbocycles. The standard InChI is InChI=1S/C19H17F3O3/c1-4-11-9(2)14(17(23)24)15-12-7-5-6-8-13(12)18(25,19(20,21)22)16(15)10(11)3/h5-8,25H,4H2,1-3H3,(H,23,24). The molecule has 0 saturated carbocycles. The van der Waals surface area contributed by atoms with Gasteiger partial charge < -0.3 is 10.2 Å². The summed E-state index contributed by atoms with van der Waals surface area (Å²) in [4.78, 5) is 11.9. The van der Waals surface area contributed by atoms with Crippen molar-refractivity contribution in [2.24, 2.45) is 0 Å². The van der Waals surface area contributed by atoms with Crippen LogP contribution in [0.4, 0.5) is 13.2 Å². The smallest absolute Gasteiger partial charge is 0.425 e. The first-order valence-electron chi connectivity index (χ1n) is 7.86. The average Bonchev–Trinajstić information content (AvgIpc) is 2.79. The number of halogens is 3. The van der Waals surface area contributed by atoms with Gasteiger partial charge in [-0.25, -0.2) is 4.79 Å². The number of carboxylic acid groups (broad SMARTS) is 1. The maximum atomic E-state index is 14.0. The van der Waals surface area contributed by atoms with E-state index in [2.05, 4.69) is 0 Å². The van der Waals surface area contributed by atoms with Crippen LogP contribution < -0.4 is 0 Å². The normalized spacial score (nSPS) is 18.8. The molecular weight excluding hydrogens is 333 g/mol. The van der Waals surface area contributed by atoms with E-state index in [1.807, 2.05) is 0 Å². The van der Waals surface area contributed by atoms with E-state index in [4.69, 9.17) is 0 Å². The highest BCUT2D eigenvalue weighted by molar-refractivity contribution is 6.02. The number of hydrogen-bond acceptors (Lipinski definition) is 2. The van der Waals surface area contributed by atoms with Crippen LogP contribution in [0, 0.1) is 13.8 Å². The van der Waals surface area contributed by atoms with Gasteiger partial charge in [0.25, 0.3) is 0 Å². The topological polar surface area (TPSA) is 57.5 Å². The van der Waals surface area contributed by atoms with E-state index in [9.17, 15) is 28.2 Å². The van der Waals surface area contributed by atoms with E-state index < -0.39 is 17.7 Å². The van der Waals surface area contributed by atoms with Crippen molar-refractivity contribution < 1.29 is 28.2 Å². The lowest BCUT2D eigenvalue weighted by atomic mass is 9.82. The van der Waals surface area contributed by atoms with Crippen LogP contribution in [0.1, 0.15) is 45.1 Å². The third-order valence-corrected chi connectivity index (χ3v) is 5.08. The van der Waals surface area contributed by atoms with Crippen molar-refractivity contribution >= 4 is 5.97 Å². The Kier molecular flexibility index (Phi) is 3.73. The summed E-state index contributed by atoms with van der Waals surface area (Å²) in [5, 5.41) is 20.5. The van der Waals surface area contributed by atoms with Gasteiger partial charge in [0.05, 0.1) is 5.56 Å². The maximum Gasteiger partial charge on any atom is 0.425 e. The van der Waals surface area contributed by atoms with Gasteiger partial charge in [-0.3, -0.25) is 0 Å². The van der Waals surface area contributed by atoms with Crippen LogP contribution in [0.2, 0.25) is 0 Å². The van der Waals surface area contributed by atoms with E-state index >= 15 is 0 Å². The lowest BCUT2D eigenvalue weighted by molar-refractivity contribution is -0.247. The minimum Gasteiger partial charge on any atom is -0.478 e. The van der Waals surface area contributed by atoms with Crippen LogP contribution in [0.25, 0.3) is 11.1 Å². The number of alkyl halides is 3. The summed E-state index contributed by atoms with van der Waals surface area (Å²) in [5.41, 5.74) is -2.75. The van der Waals surface area contributed by atoms with Crippen LogP contribution in [-0.4, -0.2) is 22.4 Å². The Hall–Kier alpha value is -2.34. The molecule has 6 heteroatoms. The molecule has 2 N–H and O–H groups in total. The molecule has 2 aromatic rings. The second kappa shape index (κ2) is 5.33. The number of fused-ring (bicyclic) bond motifs is 3. The molecule has 0 aromatic heterocycles. The van der Waals surface area contributed by atoms with Crippen LogP contribution in [-0.2, 0) is 12.0 Å². The molecule has 0 spiro atoms. The first-order chi connectivity index (χ1) is 11.6. The second-order valence-corrected chi connectivity index (χ2v) is 6.27. The van der Waals surface area contributed by atoms with Gasteiger partial charge in [0, 0.05) is 16.7 Å². The Bertz CT molecular complexity index is 900. The molecule has 0 fully saturated rings. The van der Waals surface area contributed by atoms with E-state index in [1.54, 1.807) is 13.8 Å². The summed E-state index contributed by atoms with van der Waals surface area (Å²) in [5.74, 6) is -1.30. The van der Waals surface area contributed by atoms with E-state index in [0.717, 1.165) is 0 Å². The zero-order valence-corrected chi connectivity index (χ0v) is 14.0. The molecule has 1 aliphatic rings. The van der Waals surface area contributed by atoms with Gasteiger partial charge in [-0.15, -0.1) is 0 Å². The monoisotopic (exact) mass is 350 g/mol. The summed E-state index contributed by atoms with van der Waals surface area (Å²) >= 11 is 0. The molecule has 1 atom stereocenters. The molecule has 0 radical (unpaired) electrons. The maximum absolute atomic E-state index is 14.0. The number of carbonyl (C=O) groups is 1. The summed E-state index contributed by atoms with van der Waals surface area (Å²) in [6.45, 7) is 4.87. The van der Waals surface area contributed by atoms with Crippen molar-refractivity contribution in [3.05, 3.63) is 57.6 Å². The number of carboxylic acids is 1. The van der Waals surface area contributed by atoms with E-state index in [0.29, 0.717) is 17.5 Å². The number of aliphatic hydroxyl groups is 1. The highest BCUT2D eigenvalue weighted by atomic mass is 19.4. The molecule has 0 heterocycles. The predicted octanol–water partition coefficient (Wildman–Crippen LogP) is 4.34. The molecule has 3 rings (SSSR count). The fraction of sp³-hybridized carbons (Fsp3) is 0.316. The summed E-state index contributed by atoms with van der Waals surface area (Å²) in [6.07, 6.45) is -4.61. The minimum atomic E-state index is -4.98. The van der Waals surface area contributed by atoms with Gasteiger partial charge in [-0.2, -0.15) is 13.2 Å². The molecule has 0 amide bonds. The molecule has 2 aromatic carbocycles. The molecule has 0 aliphatic heterocycles. The van der Waals surface area contributed by atoms with Gasteiger partial charge in [-0.1, -0.05) is 31.2 Å². The highest BCUT2D eigenvalue weighted by Gasteiger charge is 2.62. The fourth-order valence-corrected chi connectivity index (χ4v) is 4.05. The summed E-state index contributed by atoms with van der Waals surface area (Å²) in [7, 11) is 0. The van der Waals surface area contributed by atoms with Crippen molar-refractivity contribution in [2.75, 3.05) is 0 Å². The van der Waals surface area contributed by atoms with Gasteiger partial charge in [0.1, 0.15) is 0 Å². The van der Waals surface area contributed by atoms with Crippen LogP contribution >= 0.6 is 0 Å². The van der Waals surface area contributed by atoms with Crippen molar-refractivity contribution in [1.82, 2.24) is 0 Å². The lowest BCUT2D eigenvalue weighted by Crippen LogP contribution is -2.42. The molecule has 0 saturated heterocycles. The predicted molar refractivity (Wildman–Crippen MR) is 86.7 cm³/mol. The SMILES string of the molecule is CCc1c(C)c(C(=O)O)c2c(c1C)C(O)(C(F)(F)F)c1ccccc1-2. The summed E-state index contributed by atoms with van der Waals surface area (Å²) in [6, 6.07) is 5.57. The third kappa shape index (κ3) is 2.07. The van der Waals surface area contributed by atoms with Crippen LogP contribution in [0.5, 0.6) is 0 Å². The zero-order chi connectivity index (χ0) is 18.7. The van der Waals surface area contributed by atoms with Crippen LogP contribution in [0.15, 0.2) is 24.3 Å². The van der Waals surface area contributed by atoms with Gasteiger partial charge in [0.2, 0.25) is 5.60 Å². The average molecular weight is 350 g/mol. The Morgan fingerprint density at radius 3 is 2.28 bits per heavy atom. The molecular formula is C19H17F3O3. The van der Waals surface area contributed by atoms with E-state index in [1.165, 1.54) is 31.2 Å². The van der Waals surface area contributed by atoms with E-state index in [-0.39, 0.29) is 33.4 Å². The molecule has 0 bridgehead atoms. The second-order valence-electron chi connectivity index (χ2n) is 6.27. The largest absolute Gasteiger partial charge is 0.478 e. The Morgan fingerprint density at radius 2 is 1.76 bits per heavy atom. The Morgan fingerprint density at radius 1 is 1.16 bits per heavy atom. The van der Waals surface area contributed by atoms with Gasteiger partial charge in [0.15, 0.2) is 0 Å². The lowest BCUT2D eigenvalue weighted by Gasteiger charge is -2.31. The number of hydrogen-bond donors (Lipinski definition) is 2. The molecule has 25 heavy (non-hydrogen) atoms. The first-order valence-corrected chi connectivity index (χ1v) is 7.86. The van der Waals surface area contributed by atoms with Crippen molar-refractivity contribution in [3.8, 4) is 11.1 Å². The summed E-state index contributed by atoms with van der Waals surface area (Å²) < 4.78 is 41.9. The molecule has 3 nitrogen and oxygen atoms in total. The minimum absolute atomic E-state index is 0.0323. The highest BCUT2D eigenvalue weighted by Crippen LogP contribution is 2.57. The van der Waals surface area contributed by atoms with Crippen molar-refractivity contribution in [1.29, 1.82) is 0 Å². The molecule has 1 unspecified atom stereocenters. The fourth-order valence-electron chi connectivity index (χ4n) is 4.05. The zero-order valence-electron chi connectivity index (χ0n) is 14.0. The Balaban J connectivity index is 2.61. The number of rotatable bonds is 2. The van der Waals surface area contributed by atoms with Crippen LogP contribution in [0.3, 0.4) is 0 Å². The number of benzene rings is 2. The van der Waals surface area contributed by atoms with Gasteiger partial charge in [-0.05, 0) is 42.5 Å². The Labute approximate surface area is 142 Å². The third-order valence-electron chi connectivity index (χ3n) is 5.08.